The number of benzene rings is 4. The van der Waals surface area contributed by atoms with Crippen LogP contribution in [-0.4, -0.2) is 25.4 Å². The first-order valence-corrected chi connectivity index (χ1v) is 14.7. The topological polar surface area (TPSA) is 105 Å². The number of aryl methyl sites for hydroxylation is 1. The number of hydrogen-bond acceptors (Lipinski definition) is 6. The smallest absolute Gasteiger partial charge is 1.00 e. The van der Waals surface area contributed by atoms with Crippen LogP contribution >= 0.6 is 11.8 Å². The fraction of sp³-hybridized carbons (Fsp3) is 0.0645. The zero-order valence-corrected chi connectivity index (χ0v) is 26.1. The number of carbonyl (C=O) groups excluding carboxylic acids is 2. The number of nitrogens with one attached hydrogen (secondary N) is 2. The Morgan fingerprint density at radius 1 is 0.902 bits per heavy atom. The van der Waals surface area contributed by atoms with Gasteiger partial charge in [-0.15, -0.1) is 0 Å². The van der Waals surface area contributed by atoms with Crippen LogP contribution in [0.1, 0.15) is 18.1 Å². The number of sulfonamides is 1. The molecule has 1 aliphatic rings. The first-order chi connectivity index (χ1) is 19.2. The Balaban J connectivity index is 0.00000242. The molecule has 1 saturated heterocycles. The molecule has 0 saturated carbocycles. The molecular formula is C31H26N3NaO4S2. The maximum atomic E-state index is 12.5. The van der Waals surface area contributed by atoms with Gasteiger partial charge in [0.05, 0.1) is 21.9 Å². The number of carbonyl (C=O) groups is 2. The Morgan fingerprint density at radius 3 is 2.20 bits per heavy atom. The molecule has 0 radical (unpaired) electrons. The quantitative estimate of drug-likeness (QED) is 0.254. The predicted octanol–water partition coefficient (Wildman–Crippen LogP) is 2.72. The van der Waals surface area contributed by atoms with E-state index in [1.165, 1.54) is 23.9 Å². The molecule has 0 bridgehead atoms. The maximum absolute atomic E-state index is 12.5. The number of amides is 2. The van der Waals surface area contributed by atoms with Crippen molar-refractivity contribution in [1.82, 2.24) is 10.0 Å². The molecule has 10 heteroatoms. The maximum Gasteiger partial charge on any atom is 1.00 e. The summed E-state index contributed by atoms with van der Waals surface area (Å²) in [6.45, 7) is 1.85. The van der Waals surface area contributed by atoms with E-state index < -0.39 is 15.9 Å². The van der Waals surface area contributed by atoms with E-state index in [-0.39, 0.29) is 48.2 Å². The van der Waals surface area contributed by atoms with Crippen LogP contribution in [0.4, 0.5) is 5.69 Å². The van der Waals surface area contributed by atoms with E-state index in [9.17, 15) is 18.0 Å². The first-order valence-electron chi connectivity index (χ1n) is 12.4. The van der Waals surface area contributed by atoms with Crippen LogP contribution < -0.4 is 39.6 Å². The molecule has 5 rings (SSSR count). The minimum absolute atomic E-state index is 0. The van der Waals surface area contributed by atoms with Crippen molar-refractivity contribution in [2.24, 2.45) is 4.99 Å². The predicted molar refractivity (Wildman–Crippen MR) is 160 cm³/mol. The minimum atomic E-state index is -3.94. The summed E-state index contributed by atoms with van der Waals surface area (Å²) in [5.74, 6) is -0.858. The molecule has 7 nitrogen and oxygen atoms in total. The molecule has 0 unspecified atom stereocenters. The van der Waals surface area contributed by atoms with Gasteiger partial charge in [-0.25, -0.2) is 18.1 Å². The SMILES string of the molecule is Cc1ccc(S(=O)(=O)NC(=O)Cc2ccc(N=C3NC(=O)C(=Cc4ccc(-c5ccccc5)cc4)S3)cc2)cc1.[H-].[Na+]. The van der Waals surface area contributed by atoms with Crippen LogP contribution in [-0.2, 0) is 26.0 Å². The van der Waals surface area contributed by atoms with Crippen LogP contribution in [0.2, 0.25) is 0 Å². The van der Waals surface area contributed by atoms with E-state index in [2.05, 4.69) is 27.2 Å². The summed E-state index contributed by atoms with van der Waals surface area (Å²) in [4.78, 5) is 29.9. The fourth-order valence-corrected chi connectivity index (χ4v) is 5.81. The minimum Gasteiger partial charge on any atom is -1.00 e. The van der Waals surface area contributed by atoms with E-state index in [0.29, 0.717) is 21.3 Å². The van der Waals surface area contributed by atoms with E-state index in [1.807, 2.05) is 55.5 Å². The molecule has 1 heterocycles. The zero-order chi connectivity index (χ0) is 28.1. The molecule has 4 aromatic carbocycles. The third kappa shape index (κ3) is 8.06. The molecule has 41 heavy (non-hydrogen) atoms. The third-order valence-electron chi connectivity index (χ3n) is 6.08. The number of amidine groups is 1. The van der Waals surface area contributed by atoms with Gasteiger partial charge in [-0.3, -0.25) is 9.59 Å². The average molecular weight is 592 g/mol. The average Bonchev–Trinajstić information content (AvgIpc) is 3.28. The van der Waals surface area contributed by atoms with Gasteiger partial charge in [-0.2, -0.15) is 0 Å². The van der Waals surface area contributed by atoms with E-state index in [0.717, 1.165) is 22.3 Å². The van der Waals surface area contributed by atoms with E-state index in [4.69, 9.17) is 0 Å². The van der Waals surface area contributed by atoms with E-state index >= 15 is 0 Å². The van der Waals surface area contributed by atoms with E-state index in [1.54, 1.807) is 36.4 Å². The van der Waals surface area contributed by atoms with Crippen molar-refractivity contribution in [2.45, 2.75) is 18.2 Å². The van der Waals surface area contributed by atoms with Crippen molar-refractivity contribution in [3.05, 3.63) is 125 Å². The van der Waals surface area contributed by atoms with Gasteiger partial charge in [0.25, 0.3) is 15.9 Å². The molecule has 0 atom stereocenters. The Hall–Kier alpha value is -3.47. The summed E-state index contributed by atoms with van der Waals surface area (Å²) in [5.41, 5.74) is 5.28. The normalized spacial score (nSPS) is 14.9. The molecule has 1 aliphatic heterocycles. The zero-order valence-electron chi connectivity index (χ0n) is 23.5. The fourth-order valence-electron chi connectivity index (χ4n) is 3.99. The molecule has 0 aromatic heterocycles. The Labute approximate surface area is 267 Å². The van der Waals surface area contributed by atoms with Crippen molar-refractivity contribution in [1.29, 1.82) is 0 Å². The summed E-state index contributed by atoms with van der Waals surface area (Å²) >= 11 is 1.25. The van der Waals surface area contributed by atoms with Crippen molar-refractivity contribution >= 4 is 50.5 Å². The van der Waals surface area contributed by atoms with Crippen LogP contribution in [0, 0.1) is 6.92 Å². The second kappa shape index (κ2) is 13.5. The second-order valence-electron chi connectivity index (χ2n) is 9.15. The van der Waals surface area contributed by atoms with Gasteiger partial charge >= 0.3 is 29.6 Å². The second-order valence-corrected chi connectivity index (χ2v) is 11.9. The van der Waals surface area contributed by atoms with Gasteiger partial charge in [-0.05, 0) is 71.3 Å². The van der Waals surface area contributed by atoms with Crippen LogP contribution in [0.3, 0.4) is 0 Å². The summed E-state index contributed by atoms with van der Waals surface area (Å²) < 4.78 is 27.0. The summed E-state index contributed by atoms with van der Waals surface area (Å²) in [7, 11) is -3.94. The summed E-state index contributed by atoms with van der Waals surface area (Å²) in [6, 6.07) is 31.1. The van der Waals surface area contributed by atoms with Gasteiger partial charge in [0.2, 0.25) is 5.91 Å². The molecule has 202 valence electrons. The third-order valence-corrected chi connectivity index (χ3v) is 8.38. The molecule has 1 fully saturated rings. The number of hydrogen-bond donors (Lipinski definition) is 2. The van der Waals surface area contributed by atoms with Gasteiger partial charge in [0.15, 0.2) is 5.17 Å². The number of rotatable bonds is 7. The molecule has 0 aliphatic carbocycles. The monoisotopic (exact) mass is 591 g/mol. The number of nitrogens with zero attached hydrogens (tertiary/aromatic N) is 1. The van der Waals surface area contributed by atoms with Crippen LogP contribution in [0.5, 0.6) is 0 Å². The number of aliphatic imine (C=N–C) groups is 1. The molecule has 2 N–H and O–H groups in total. The first kappa shape index (κ1) is 30.5. The van der Waals surface area contributed by atoms with Crippen LogP contribution in [0.25, 0.3) is 17.2 Å². The molecular weight excluding hydrogens is 565 g/mol. The Kier molecular flexibility index (Phi) is 10.0. The van der Waals surface area contributed by atoms with Crippen molar-refractivity contribution in [3.63, 3.8) is 0 Å². The molecule has 0 spiro atoms. The largest absolute Gasteiger partial charge is 1.00 e. The number of thioether (sulfide) groups is 1. The van der Waals surface area contributed by atoms with Crippen molar-refractivity contribution in [3.8, 4) is 11.1 Å². The molecule has 2 amide bonds. The molecule has 4 aromatic rings. The summed E-state index contributed by atoms with van der Waals surface area (Å²) in [6.07, 6.45) is 1.72. The van der Waals surface area contributed by atoms with Gasteiger partial charge in [0, 0.05) is 0 Å². The van der Waals surface area contributed by atoms with Gasteiger partial charge in [0.1, 0.15) is 0 Å². The van der Waals surface area contributed by atoms with Crippen LogP contribution in [0.15, 0.2) is 118 Å². The Bertz CT molecular complexity index is 1730. The van der Waals surface area contributed by atoms with Crippen molar-refractivity contribution < 1.29 is 49.0 Å². The van der Waals surface area contributed by atoms with Gasteiger partial charge in [-0.1, -0.05) is 84.4 Å². The standard InChI is InChI=1S/C31H25N3O4S2.Na.H/c1-21-7-17-27(18-8-21)40(37,38)34-29(35)20-23-11-15-26(16-12-23)32-31-33-30(36)28(39-31)19-22-9-13-25(14-10-22)24-5-3-2-4-6-24;;/h2-19H,20H2,1H3,(H,34,35)(H,32,33,36);;/q;+1;-1. The Morgan fingerprint density at radius 2 is 1.54 bits per heavy atom. The van der Waals surface area contributed by atoms with Gasteiger partial charge < -0.3 is 6.74 Å². The van der Waals surface area contributed by atoms with Crippen molar-refractivity contribution in [2.75, 3.05) is 0 Å². The summed E-state index contributed by atoms with van der Waals surface area (Å²) in [5, 5.41) is 3.23.